The molecule has 0 aliphatic carbocycles. The number of carbonyl (C=O) groups is 1. The molecule has 0 aliphatic heterocycles. The molecule has 0 saturated heterocycles. The van der Waals surface area contributed by atoms with Gasteiger partial charge in [-0.15, -0.1) is 0 Å². The SMILES string of the molecule is CCOC(=O)Cc1cc(Br)c(F)cc1C. The lowest BCUT2D eigenvalue weighted by Gasteiger charge is -2.06. The molecule has 2 nitrogen and oxygen atoms in total. The van der Waals surface area contributed by atoms with E-state index in [1.807, 2.05) is 0 Å². The van der Waals surface area contributed by atoms with Crippen LogP contribution < -0.4 is 0 Å². The average molecular weight is 275 g/mol. The summed E-state index contributed by atoms with van der Waals surface area (Å²) in [6.45, 7) is 3.88. The van der Waals surface area contributed by atoms with Crippen molar-refractivity contribution in [1.29, 1.82) is 0 Å². The molecule has 0 fully saturated rings. The van der Waals surface area contributed by atoms with Crippen molar-refractivity contribution in [2.75, 3.05) is 6.61 Å². The predicted molar refractivity (Wildman–Crippen MR) is 59.2 cm³/mol. The van der Waals surface area contributed by atoms with Crippen molar-refractivity contribution in [3.8, 4) is 0 Å². The van der Waals surface area contributed by atoms with E-state index in [0.29, 0.717) is 11.1 Å². The van der Waals surface area contributed by atoms with Gasteiger partial charge in [0.25, 0.3) is 0 Å². The number of halogens is 2. The molecule has 0 spiro atoms. The monoisotopic (exact) mass is 274 g/mol. The lowest BCUT2D eigenvalue weighted by atomic mass is 10.1. The fourth-order valence-corrected chi connectivity index (χ4v) is 1.64. The van der Waals surface area contributed by atoms with E-state index in [-0.39, 0.29) is 18.2 Å². The summed E-state index contributed by atoms with van der Waals surface area (Å²) in [5.41, 5.74) is 1.53. The van der Waals surface area contributed by atoms with Gasteiger partial charge in [0.2, 0.25) is 0 Å². The number of ether oxygens (including phenoxy) is 1. The normalized spacial score (nSPS) is 10.1. The highest BCUT2D eigenvalue weighted by Crippen LogP contribution is 2.21. The van der Waals surface area contributed by atoms with Crippen molar-refractivity contribution in [3.05, 3.63) is 33.5 Å². The van der Waals surface area contributed by atoms with Gasteiger partial charge >= 0.3 is 5.97 Å². The molecule has 0 aliphatic rings. The van der Waals surface area contributed by atoms with Crippen molar-refractivity contribution in [2.45, 2.75) is 20.3 Å². The van der Waals surface area contributed by atoms with Crippen LogP contribution in [0.25, 0.3) is 0 Å². The second-order valence-corrected chi connectivity index (χ2v) is 4.03. The Bertz CT molecular complexity index is 377. The summed E-state index contributed by atoms with van der Waals surface area (Å²) in [5, 5.41) is 0. The highest BCUT2D eigenvalue weighted by molar-refractivity contribution is 9.10. The number of esters is 1. The third-order valence-corrected chi connectivity index (χ3v) is 2.63. The maximum atomic E-state index is 13.1. The number of rotatable bonds is 3. The molecular formula is C11H12BrFO2. The maximum Gasteiger partial charge on any atom is 0.310 e. The average Bonchev–Trinajstić information content (AvgIpc) is 2.14. The Labute approximate surface area is 96.6 Å². The predicted octanol–water partition coefficient (Wildman–Crippen LogP) is 3.00. The molecular weight excluding hydrogens is 263 g/mol. The number of hydrogen-bond donors (Lipinski definition) is 0. The summed E-state index contributed by atoms with van der Waals surface area (Å²) >= 11 is 3.08. The van der Waals surface area contributed by atoms with Crippen LogP contribution in [0.4, 0.5) is 4.39 Å². The number of aryl methyl sites for hydroxylation is 1. The lowest BCUT2D eigenvalue weighted by Crippen LogP contribution is -2.08. The zero-order valence-corrected chi connectivity index (χ0v) is 10.2. The van der Waals surface area contributed by atoms with Crippen LogP contribution >= 0.6 is 15.9 Å². The van der Waals surface area contributed by atoms with Gasteiger partial charge in [0.1, 0.15) is 5.82 Å². The summed E-state index contributed by atoms with van der Waals surface area (Å²) in [6.07, 6.45) is 0.179. The second-order valence-electron chi connectivity index (χ2n) is 3.17. The lowest BCUT2D eigenvalue weighted by molar-refractivity contribution is -0.142. The molecule has 0 atom stereocenters. The van der Waals surface area contributed by atoms with Gasteiger partial charge in [-0.25, -0.2) is 4.39 Å². The zero-order valence-electron chi connectivity index (χ0n) is 8.64. The quantitative estimate of drug-likeness (QED) is 0.793. The molecule has 15 heavy (non-hydrogen) atoms. The maximum absolute atomic E-state index is 13.1. The fourth-order valence-electron chi connectivity index (χ4n) is 1.25. The highest BCUT2D eigenvalue weighted by Gasteiger charge is 2.09. The molecule has 0 radical (unpaired) electrons. The van der Waals surface area contributed by atoms with E-state index in [1.54, 1.807) is 19.9 Å². The van der Waals surface area contributed by atoms with Crippen molar-refractivity contribution in [1.82, 2.24) is 0 Å². The minimum atomic E-state index is -0.319. The molecule has 1 rings (SSSR count). The molecule has 0 N–H and O–H groups in total. The van der Waals surface area contributed by atoms with E-state index in [2.05, 4.69) is 15.9 Å². The smallest absolute Gasteiger partial charge is 0.310 e. The molecule has 0 aromatic heterocycles. The van der Waals surface area contributed by atoms with Crippen molar-refractivity contribution >= 4 is 21.9 Å². The fraction of sp³-hybridized carbons (Fsp3) is 0.364. The molecule has 0 heterocycles. The Balaban J connectivity index is 2.86. The first-order valence-corrected chi connectivity index (χ1v) is 5.44. The van der Waals surface area contributed by atoms with Crippen LogP contribution in [0.3, 0.4) is 0 Å². The Morgan fingerprint density at radius 3 is 2.80 bits per heavy atom. The van der Waals surface area contributed by atoms with Crippen LogP contribution in [0, 0.1) is 12.7 Å². The Kier molecular flexibility index (Phi) is 4.27. The topological polar surface area (TPSA) is 26.3 Å². The van der Waals surface area contributed by atoms with Gasteiger partial charge in [0, 0.05) is 0 Å². The molecule has 0 unspecified atom stereocenters. The van der Waals surface area contributed by atoms with Crippen molar-refractivity contribution in [2.24, 2.45) is 0 Å². The standard InChI is InChI=1S/C11H12BrFO2/c1-3-15-11(14)6-8-5-9(12)10(13)4-7(8)2/h4-5H,3,6H2,1-2H3. The molecule has 82 valence electrons. The Hall–Kier alpha value is -0.900. The van der Waals surface area contributed by atoms with Gasteiger partial charge in [0.05, 0.1) is 17.5 Å². The molecule has 1 aromatic rings. The van der Waals surface area contributed by atoms with E-state index < -0.39 is 0 Å². The first kappa shape index (κ1) is 12.2. The van der Waals surface area contributed by atoms with Crippen LogP contribution in [0.1, 0.15) is 18.1 Å². The minimum Gasteiger partial charge on any atom is -0.466 e. The van der Waals surface area contributed by atoms with Crippen molar-refractivity contribution in [3.63, 3.8) is 0 Å². The third kappa shape index (κ3) is 3.30. The van der Waals surface area contributed by atoms with Gasteiger partial charge in [-0.2, -0.15) is 0 Å². The Morgan fingerprint density at radius 1 is 1.53 bits per heavy atom. The molecule has 4 heteroatoms. The van der Waals surface area contributed by atoms with Gasteiger partial charge in [-0.05, 0) is 53.0 Å². The first-order valence-electron chi connectivity index (χ1n) is 4.64. The minimum absolute atomic E-state index is 0.179. The van der Waals surface area contributed by atoms with E-state index in [0.717, 1.165) is 11.1 Å². The van der Waals surface area contributed by atoms with Crippen LogP contribution in [0.15, 0.2) is 16.6 Å². The third-order valence-electron chi connectivity index (χ3n) is 2.02. The molecule has 0 amide bonds. The van der Waals surface area contributed by atoms with Crippen molar-refractivity contribution < 1.29 is 13.9 Å². The van der Waals surface area contributed by atoms with E-state index >= 15 is 0 Å². The number of benzene rings is 1. The van der Waals surface area contributed by atoms with Gasteiger partial charge in [0.15, 0.2) is 0 Å². The second kappa shape index (κ2) is 5.26. The zero-order chi connectivity index (χ0) is 11.4. The van der Waals surface area contributed by atoms with Crippen LogP contribution in [0.5, 0.6) is 0 Å². The molecule has 0 saturated carbocycles. The molecule has 1 aromatic carbocycles. The number of hydrogen-bond acceptors (Lipinski definition) is 2. The summed E-state index contributed by atoms with van der Waals surface area (Å²) < 4.78 is 18.3. The van der Waals surface area contributed by atoms with E-state index in [9.17, 15) is 9.18 Å². The number of carbonyl (C=O) groups excluding carboxylic acids is 1. The highest BCUT2D eigenvalue weighted by atomic mass is 79.9. The van der Waals surface area contributed by atoms with Crippen LogP contribution in [-0.2, 0) is 16.0 Å². The van der Waals surface area contributed by atoms with Crippen LogP contribution in [0.2, 0.25) is 0 Å². The van der Waals surface area contributed by atoms with E-state index in [4.69, 9.17) is 4.74 Å². The van der Waals surface area contributed by atoms with Crippen LogP contribution in [-0.4, -0.2) is 12.6 Å². The van der Waals surface area contributed by atoms with E-state index in [1.165, 1.54) is 6.07 Å². The van der Waals surface area contributed by atoms with Gasteiger partial charge in [-0.3, -0.25) is 4.79 Å². The molecule has 0 bridgehead atoms. The largest absolute Gasteiger partial charge is 0.466 e. The summed E-state index contributed by atoms with van der Waals surface area (Å²) in [4.78, 5) is 11.2. The summed E-state index contributed by atoms with van der Waals surface area (Å²) in [5.74, 6) is -0.612. The first-order chi connectivity index (χ1) is 7.04. The van der Waals surface area contributed by atoms with Gasteiger partial charge < -0.3 is 4.74 Å². The summed E-state index contributed by atoms with van der Waals surface area (Å²) in [6, 6.07) is 3.01. The van der Waals surface area contributed by atoms with Gasteiger partial charge in [-0.1, -0.05) is 0 Å². The summed E-state index contributed by atoms with van der Waals surface area (Å²) in [7, 11) is 0. The Morgan fingerprint density at radius 2 is 2.20 bits per heavy atom.